The number of rotatable bonds is 8. The topological polar surface area (TPSA) is 144 Å². The molecule has 1 aliphatic rings. The number of morpholine rings is 1. The molecule has 37 heavy (non-hydrogen) atoms. The van der Waals surface area contributed by atoms with Gasteiger partial charge in [-0.05, 0) is 30.3 Å². The van der Waals surface area contributed by atoms with Crippen molar-refractivity contribution < 1.29 is 14.3 Å². The van der Waals surface area contributed by atoms with E-state index in [1.165, 1.54) is 6.08 Å². The van der Waals surface area contributed by atoms with Crippen molar-refractivity contribution >= 4 is 46.1 Å². The fraction of sp³-hybridized carbons (Fsp3) is 0.250. The van der Waals surface area contributed by atoms with Gasteiger partial charge in [0.15, 0.2) is 17.0 Å². The van der Waals surface area contributed by atoms with Crippen LogP contribution in [0.25, 0.3) is 16.9 Å². The van der Waals surface area contributed by atoms with E-state index in [1.807, 2.05) is 22.7 Å². The molecule has 0 radical (unpaired) electrons. The molecule has 0 bridgehead atoms. The van der Waals surface area contributed by atoms with Gasteiger partial charge in [0.25, 0.3) is 0 Å². The van der Waals surface area contributed by atoms with E-state index in [-0.39, 0.29) is 18.4 Å². The fourth-order valence-corrected chi connectivity index (χ4v) is 3.84. The number of aromatic nitrogens is 6. The minimum atomic E-state index is -0.306. The summed E-state index contributed by atoms with van der Waals surface area (Å²) < 4.78 is 9.01. The molecule has 1 fully saturated rings. The summed E-state index contributed by atoms with van der Waals surface area (Å²) in [5.74, 6) is 0.405. The summed E-state index contributed by atoms with van der Waals surface area (Å²) in [6, 6.07) is 6.79. The second-order valence-electron chi connectivity index (χ2n) is 8.30. The Kier molecular flexibility index (Phi) is 6.76. The number of aryl methyl sites for hydroxylation is 1. The van der Waals surface area contributed by atoms with Crippen LogP contribution >= 0.6 is 0 Å². The Morgan fingerprint density at radius 2 is 1.84 bits per heavy atom. The number of carbonyl (C=O) groups is 2. The molecule has 2 amide bonds. The summed E-state index contributed by atoms with van der Waals surface area (Å²) in [4.78, 5) is 40.1. The van der Waals surface area contributed by atoms with Crippen molar-refractivity contribution in [3.63, 3.8) is 0 Å². The molecule has 5 rings (SSSR count). The number of hydrogen-bond donors (Lipinski definition) is 3. The van der Waals surface area contributed by atoms with Crippen LogP contribution in [0.3, 0.4) is 0 Å². The summed E-state index contributed by atoms with van der Waals surface area (Å²) in [7, 11) is 1.84. The lowest BCUT2D eigenvalue weighted by Crippen LogP contribution is -2.37. The molecule has 0 spiro atoms. The maximum Gasteiger partial charge on any atom is 0.247 e. The second-order valence-corrected chi connectivity index (χ2v) is 8.30. The van der Waals surface area contributed by atoms with Gasteiger partial charge in [0.2, 0.25) is 17.8 Å². The SMILES string of the molecule is C=CC(=O)Nc1ccc(NC(=O)CNc2nc(N3CCOCC3)nc3c2ncn3-c2cnn(C)c2)cc1. The number of imidazole rings is 1. The highest BCUT2D eigenvalue weighted by Crippen LogP contribution is 2.25. The lowest BCUT2D eigenvalue weighted by molar-refractivity contribution is -0.114. The molecule has 0 aliphatic carbocycles. The van der Waals surface area contributed by atoms with Gasteiger partial charge in [0, 0.05) is 37.7 Å². The maximum absolute atomic E-state index is 12.7. The average Bonchev–Trinajstić information content (AvgIpc) is 3.54. The van der Waals surface area contributed by atoms with E-state index in [2.05, 4.69) is 37.6 Å². The normalized spacial score (nSPS) is 13.4. The van der Waals surface area contributed by atoms with Crippen LogP contribution < -0.4 is 20.9 Å². The van der Waals surface area contributed by atoms with Crippen molar-refractivity contribution in [2.75, 3.05) is 53.7 Å². The minimum Gasteiger partial charge on any atom is -0.378 e. The zero-order valence-electron chi connectivity index (χ0n) is 20.2. The quantitative estimate of drug-likeness (QED) is 0.306. The van der Waals surface area contributed by atoms with E-state index < -0.39 is 0 Å². The molecule has 3 aromatic heterocycles. The zero-order valence-corrected chi connectivity index (χ0v) is 20.2. The summed E-state index contributed by atoms with van der Waals surface area (Å²) in [6.45, 7) is 5.89. The highest BCUT2D eigenvalue weighted by atomic mass is 16.5. The second kappa shape index (κ2) is 10.5. The summed E-state index contributed by atoms with van der Waals surface area (Å²) >= 11 is 0. The molecule has 13 nitrogen and oxygen atoms in total. The lowest BCUT2D eigenvalue weighted by Gasteiger charge is -2.27. The monoisotopic (exact) mass is 502 g/mol. The van der Waals surface area contributed by atoms with Crippen molar-refractivity contribution in [3.8, 4) is 5.69 Å². The standard InChI is InChI=1S/C24H26N10O3/c1-3-19(35)28-16-4-6-17(7-5-16)29-20(36)13-25-22-21-23(31-24(30-22)33-8-10-37-11-9-33)34(15-26-21)18-12-27-32(2)14-18/h3-7,12,14-15H,1,8-11,13H2,2H3,(H,28,35)(H,29,36)(H,25,30,31). The molecule has 13 heteroatoms. The Hall–Kier alpha value is -4.78. The predicted octanol–water partition coefficient (Wildman–Crippen LogP) is 1.56. The lowest BCUT2D eigenvalue weighted by atomic mass is 10.2. The number of amides is 2. The molecular weight excluding hydrogens is 476 g/mol. The van der Waals surface area contributed by atoms with Crippen molar-refractivity contribution in [1.82, 2.24) is 29.3 Å². The number of benzene rings is 1. The highest BCUT2D eigenvalue weighted by molar-refractivity contribution is 5.99. The smallest absolute Gasteiger partial charge is 0.247 e. The predicted molar refractivity (Wildman–Crippen MR) is 139 cm³/mol. The van der Waals surface area contributed by atoms with Crippen LogP contribution in [0.1, 0.15) is 0 Å². The van der Waals surface area contributed by atoms with Crippen LogP contribution in [-0.2, 0) is 21.4 Å². The molecule has 4 aromatic rings. The molecule has 0 unspecified atom stereocenters. The van der Waals surface area contributed by atoms with Crippen LogP contribution in [0, 0.1) is 0 Å². The molecule has 3 N–H and O–H groups in total. The number of anilines is 4. The molecule has 0 atom stereocenters. The third-order valence-corrected chi connectivity index (χ3v) is 5.69. The summed E-state index contributed by atoms with van der Waals surface area (Å²) in [5, 5.41) is 12.8. The van der Waals surface area contributed by atoms with E-state index in [1.54, 1.807) is 41.5 Å². The minimum absolute atomic E-state index is 0.0383. The Morgan fingerprint density at radius 3 is 2.51 bits per heavy atom. The van der Waals surface area contributed by atoms with Crippen LogP contribution in [0.2, 0.25) is 0 Å². The van der Waals surface area contributed by atoms with Gasteiger partial charge in [-0.2, -0.15) is 15.1 Å². The van der Waals surface area contributed by atoms with Gasteiger partial charge in [-0.1, -0.05) is 6.58 Å². The fourth-order valence-electron chi connectivity index (χ4n) is 3.84. The zero-order chi connectivity index (χ0) is 25.8. The van der Waals surface area contributed by atoms with Gasteiger partial charge >= 0.3 is 0 Å². The molecule has 1 saturated heterocycles. The maximum atomic E-state index is 12.7. The van der Waals surface area contributed by atoms with Gasteiger partial charge < -0.3 is 25.6 Å². The first-order chi connectivity index (χ1) is 18.0. The van der Waals surface area contributed by atoms with Crippen molar-refractivity contribution in [1.29, 1.82) is 0 Å². The molecule has 190 valence electrons. The Balaban J connectivity index is 1.35. The first-order valence-corrected chi connectivity index (χ1v) is 11.6. The Labute approximate surface area is 212 Å². The Bertz CT molecular complexity index is 1440. The van der Waals surface area contributed by atoms with Gasteiger partial charge in [0.05, 0.1) is 31.6 Å². The molecule has 1 aromatic carbocycles. The largest absolute Gasteiger partial charge is 0.378 e. The number of hydrogen-bond acceptors (Lipinski definition) is 9. The Morgan fingerprint density at radius 1 is 1.11 bits per heavy atom. The van der Waals surface area contributed by atoms with Crippen LogP contribution in [0.5, 0.6) is 0 Å². The van der Waals surface area contributed by atoms with Gasteiger partial charge in [-0.25, -0.2) is 4.98 Å². The van der Waals surface area contributed by atoms with Crippen LogP contribution in [0.15, 0.2) is 55.6 Å². The first-order valence-electron chi connectivity index (χ1n) is 11.6. The number of ether oxygens (including phenoxy) is 1. The number of carbonyl (C=O) groups excluding carboxylic acids is 2. The highest BCUT2D eigenvalue weighted by Gasteiger charge is 2.20. The number of nitrogens with one attached hydrogen (secondary N) is 3. The molecule has 4 heterocycles. The van der Waals surface area contributed by atoms with Gasteiger partial charge in [-0.15, -0.1) is 0 Å². The van der Waals surface area contributed by atoms with E-state index in [4.69, 9.17) is 9.72 Å². The molecule has 1 aliphatic heterocycles. The third kappa shape index (κ3) is 5.41. The van der Waals surface area contributed by atoms with Crippen molar-refractivity contribution in [2.45, 2.75) is 0 Å². The number of nitrogens with zero attached hydrogens (tertiary/aromatic N) is 7. The first kappa shape index (κ1) is 23.9. The van der Waals surface area contributed by atoms with Crippen LogP contribution in [0.4, 0.5) is 23.1 Å². The average molecular weight is 503 g/mol. The van der Waals surface area contributed by atoms with E-state index in [0.717, 1.165) is 5.69 Å². The van der Waals surface area contributed by atoms with Gasteiger partial charge in [-0.3, -0.25) is 18.8 Å². The van der Waals surface area contributed by atoms with Crippen molar-refractivity contribution in [2.24, 2.45) is 7.05 Å². The van der Waals surface area contributed by atoms with E-state index in [0.29, 0.717) is 60.6 Å². The van der Waals surface area contributed by atoms with Crippen molar-refractivity contribution in [3.05, 3.63) is 55.6 Å². The van der Waals surface area contributed by atoms with E-state index in [9.17, 15) is 9.59 Å². The van der Waals surface area contributed by atoms with E-state index >= 15 is 0 Å². The summed E-state index contributed by atoms with van der Waals surface area (Å²) in [6.07, 6.45) is 6.45. The third-order valence-electron chi connectivity index (χ3n) is 5.69. The summed E-state index contributed by atoms with van der Waals surface area (Å²) in [5.41, 5.74) is 3.14. The van der Waals surface area contributed by atoms with Crippen LogP contribution in [-0.4, -0.2) is 74.0 Å². The van der Waals surface area contributed by atoms with Gasteiger partial charge in [0.1, 0.15) is 6.33 Å². The molecule has 0 saturated carbocycles. The molecular formula is C24H26N10O3. The number of fused-ring (bicyclic) bond motifs is 1.